The van der Waals surface area contributed by atoms with Crippen LogP contribution in [0.3, 0.4) is 0 Å². The summed E-state index contributed by atoms with van der Waals surface area (Å²) in [5.41, 5.74) is 2.38. The number of anilines is 1. The standard InChI is InChI=1S/C27H29N3O6S/c1-18-6-9-20(10-7-18)28-24(31)17-36-21-11-8-19(14-22(21)35-2)15-23-26(33)30(27(34)37-23)16-25(32)29-12-4-3-5-13-29/h6-11,14-15H,3-5,12-13,16-17H2,1-2H3,(H,28,31)/b23-15-. The molecule has 0 radical (unpaired) electrons. The highest BCUT2D eigenvalue weighted by Gasteiger charge is 2.37. The molecule has 0 bridgehead atoms. The van der Waals surface area contributed by atoms with Gasteiger partial charge in [-0.3, -0.25) is 24.1 Å². The lowest BCUT2D eigenvalue weighted by atomic mass is 10.1. The third kappa shape index (κ3) is 6.71. The van der Waals surface area contributed by atoms with Gasteiger partial charge in [0.2, 0.25) is 5.91 Å². The number of benzene rings is 2. The Morgan fingerprint density at radius 1 is 1.03 bits per heavy atom. The van der Waals surface area contributed by atoms with E-state index in [0.29, 0.717) is 35.8 Å². The van der Waals surface area contributed by atoms with E-state index in [1.54, 1.807) is 29.2 Å². The Kier molecular flexibility index (Phi) is 8.50. The Hall–Kier alpha value is -3.79. The van der Waals surface area contributed by atoms with Crippen molar-refractivity contribution in [2.45, 2.75) is 26.2 Å². The summed E-state index contributed by atoms with van der Waals surface area (Å²) >= 11 is 0.802. The van der Waals surface area contributed by atoms with Gasteiger partial charge in [-0.1, -0.05) is 23.8 Å². The van der Waals surface area contributed by atoms with Crippen molar-refractivity contribution in [2.75, 3.05) is 38.7 Å². The number of amides is 4. The number of carbonyl (C=O) groups is 4. The molecule has 2 aliphatic rings. The Bertz CT molecular complexity index is 1220. The number of ether oxygens (including phenoxy) is 2. The number of thioether (sulfide) groups is 1. The minimum absolute atomic E-state index is 0.210. The Balaban J connectivity index is 1.38. The van der Waals surface area contributed by atoms with Crippen molar-refractivity contribution in [3.8, 4) is 11.5 Å². The lowest BCUT2D eigenvalue weighted by Gasteiger charge is -2.27. The molecule has 9 nitrogen and oxygen atoms in total. The monoisotopic (exact) mass is 523 g/mol. The van der Waals surface area contributed by atoms with Crippen LogP contribution in [0.1, 0.15) is 30.4 Å². The first kappa shape index (κ1) is 26.3. The van der Waals surface area contributed by atoms with Gasteiger partial charge in [0.05, 0.1) is 12.0 Å². The van der Waals surface area contributed by atoms with E-state index in [9.17, 15) is 19.2 Å². The molecule has 10 heteroatoms. The average Bonchev–Trinajstić information content (AvgIpc) is 3.16. The molecule has 2 heterocycles. The molecule has 194 valence electrons. The zero-order valence-electron chi connectivity index (χ0n) is 20.8. The number of methoxy groups -OCH3 is 1. The van der Waals surface area contributed by atoms with E-state index in [1.165, 1.54) is 7.11 Å². The maximum Gasteiger partial charge on any atom is 0.294 e. The van der Waals surface area contributed by atoms with Gasteiger partial charge in [-0.15, -0.1) is 0 Å². The van der Waals surface area contributed by atoms with Crippen LogP contribution < -0.4 is 14.8 Å². The van der Waals surface area contributed by atoms with E-state index in [1.807, 2.05) is 31.2 Å². The van der Waals surface area contributed by atoms with E-state index in [2.05, 4.69) is 5.32 Å². The number of nitrogens with zero attached hydrogens (tertiary/aromatic N) is 2. The van der Waals surface area contributed by atoms with Crippen molar-refractivity contribution in [3.63, 3.8) is 0 Å². The number of aryl methyl sites for hydroxylation is 1. The van der Waals surface area contributed by atoms with Gasteiger partial charge in [0.25, 0.3) is 17.1 Å². The van der Waals surface area contributed by atoms with Gasteiger partial charge in [0.15, 0.2) is 18.1 Å². The summed E-state index contributed by atoms with van der Waals surface area (Å²) in [5.74, 6) is -0.289. The average molecular weight is 524 g/mol. The summed E-state index contributed by atoms with van der Waals surface area (Å²) in [7, 11) is 1.47. The molecule has 2 aromatic rings. The van der Waals surface area contributed by atoms with Gasteiger partial charge in [0, 0.05) is 18.8 Å². The molecule has 0 aromatic heterocycles. The molecular formula is C27H29N3O6S. The van der Waals surface area contributed by atoms with Crippen molar-refractivity contribution in [2.24, 2.45) is 0 Å². The van der Waals surface area contributed by atoms with Crippen LogP contribution in [-0.2, 0) is 14.4 Å². The molecule has 2 fully saturated rings. The summed E-state index contributed by atoms with van der Waals surface area (Å²) in [5, 5.41) is 2.30. The van der Waals surface area contributed by atoms with Crippen molar-refractivity contribution in [1.29, 1.82) is 0 Å². The zero-order valence-corrected chi connectivity index (χ0v) is 21.6. The fourth-order valence-corrected chi connectivity index (χ4v) is 4.87. The first-order valence-corrected chi connectivity index (χ1v) is 12.9. The number of likely N-dealkylation sites (tertiary alicyclic amines) is 1. The van der Waals surface area contributed by atoms with Gasteiger partial charge in [-0.2, -0.15) is 0 Å². The van der Waals surface area contributed by atoms with Gasteiger partial charge >= 0.3 is 0 Å². The number of hydrogen-bond donors (Lipinski definition) is 1. The van der Waals surface area contributed by atoms with Crippen molar-refractivity contribution >= 4 is 46.5 Å². The van der Waals surface area contributed by atoms with Gasteiger partial charge in [-0.05, 0) is 73.9 Å². The minimum Gasteiger partial charge on any atom is -0.493 e. The fourth-order valence-electron chi connectivity index (χ4n) is 4.04. The van der Waals surface area contributed by atoms with E-state index in [4.69, 9.17) is 9.47 Å². The second kappa shape index (κ2) is 12.0. The van der Waals surface area contributed by atoms with E-state index < -0.39 is 11.1 Å². The number of carbonyl (C=O) groups excluding carboxylic acids is 4. The van der Waals surface area contributed by atoms with Crippen LogP contribution >= 0.6 is 11.8 Å². The normalized spacial score (nSPS) is 16.8. The van der Waals surface area contributed by atoms with Crippen LogP contribution in [0.4, 0.5) is 10.5 Å². The third-order valence-electron chi connectivity index (χ3n) is 6.06. The Morgan fingerprint density at radius 3 is 2.46 bits per heavy atom. The first-order chi connectivity index (χ1) is 17.8. The number of hydrogen-bond acceptors (Lipinski definition) is 7. The van der Waals surface area contributed by atoms with E-state index >= 15 is 0 Å². The van der Waals surface area contributed by atoms with Crippen molar-refractivity contribution in [1.82, 2.24) is 9.80 Å². The second-order valence-electron chi connectivity index (χ2n) is 8.82. The highest BCUT2D eigenvalue weighted by atomic mass is 32.2. The largest absolute Gasteiger partial charge is 0.493 e. The molecule has 0 saturated carbocycles. The zero-order chi connectivity index (χ0) is 26.4. The summed E-state index contributed by atoms with van der Waals surface area (Å²) in [6, 6.07) is 12.4. The number of imide groups is 1. The summed E-state index contributed by atoms with van der Waals surface area (Å²) < 4.78 is 11.0. The maximum absolute atomic E-state index is 12.9. The van der Waals surface area contributed by atoms with E-state index in [-0.39, 0.29) is 29.9 Å². The van der Waals surface area contributed by atoms with Gasteiger partial charge < -0.3 is 19.7 Å². The van der Waals surface area contributed by atoms with Crippen LogP contribution in [0.15, 0.2) is 47.4 Å². The molecule has 4 amide bonds. The van der Waals surface area contributed by atoms with E-state index in [0.717, 1.165) is 41.5 Å². The van der Waals surface area contributed by atoms with Gasteiger partial charge in [-0.25, -0.2) is 0 Å². The molecule has 4 rings (SSSR count). The van der Waals surface area contributed by atoms with Crippen molar-refractivity contribution in [3.05, 3.63) is 58.5 Å². The Labute approximate surface area is 219 Å². The minimum atomic E-state index is -0.493. The lowest BCUT2D eigenvalue weighted by molar-refractivity contribution is -0.136. The summed E-state index contributed by atoms with van der Waals surface area (Å²) in [4.78, 5) is 53.0. The van der Waals surface area contributed by atoms with Gasteiger partial charge in [0.1, 0.15) is 6.54 Å². The SMILES string of the molecule is COc1cc(/C=C2\SC(=O)N(CC(=O)N3CCCCC3)C2=O)ccc1OCC(=O)Nc1ccc(C)cc1. The van der Waals surface area contributed by atoms with Crippen LogP contribution in [-0.4, -0.2) is 66.1 Å². The Morgan fingerprint density at radius 2 is 1.76 bits per heavy atom. The van der Waals surface area contributed by atoms with Crippen LogP contribution in [0.2, 0.25) is 0 Å². The molecule has 0 spiro atoms. The molecule has 0 atom stereocenters. The topological polar surface area (TPSA) is 105 Å². The number of rotatable bonds is 8. The smallest absolute Gasteiger partial charge is 0.294 e. The van der Waals surface area contributed by atoms with Crippen LogP contribution in [0.5, 0.6) is 11.5 Å². The quantitative estimate of drug-likeness (QED) is 0.520. The molecule has 2 saturated heterocycles. The summed E-state index contributed by atoms with van der Waals surface area (Å²) in [6.45, 7) is 2.82. The summed E-state index contributed by atoms with van der Waals surface area (Å²) in [6.07, 6.45) is 4.54. The number of piperidine rings is 1. The first-order valence-electron chi connectivity index (χ1n) is 12.0. The molecular weight excluding hydrogens is 494 g/mol. The maximum atomic E-state index is 12.9. The molecule has 2 aromatic carbocycles. The molecule has 1 N–H and O–H groups in total. The highest BCUT2D eigenvalue weighted by molar-refractivity contribution is 8.18. The second-order valence-corrected chi connectivity index (χ2v) is 9.82. The fraction of sp³-hybridized carbons (Fsp3) is 0.333. The predicted octanol–water partition coefficient (Wildman–Crippen LogP) is 4.07. The number of nitrogens with one attached hydrogen (secondary N) is 1. The van der Waals surface area contributed by atoms with Crippen LogP contribution in [0, 0.1) is 6.92 Å². The predicted molar refractivity (Wildman–Crippen MR) is 141 cm³/mol. The van der Waals surface area contributed by atoms with Crippen molar-refractivity contribution < 1.29 is 28.7 Å². The molecule has 2 aliphatic heterocycles. The lowest BCUT2D eigenvalue weighted by Crippen LogP contribution is -2.44. The van der Waals surface area contributed by atoms with Crippen LogP contribution in [0.25, 0.3) is 6.08 Å². The molecule has 0 aliphatic carbocycles. The molecule has 0 unspecified atom stereocenters. The highest BCUT2D eigenvalue weighted by Crippen LogP contribution is 2.34. The third-order valence-corrected chi connectivity index (χ3v) is 6.96. The molecule has 37 heavy (non-hydrogen) atoms.